The number of carbonyl (C=O) groups excluding carboxylic acids is 1. The van der Waals surface area contributed by atoms with Crippen molar-refractivity contribution in [2.75, 3.05) is 6.61 Å². The number of hydrogen-bond donors (Lipinski definition) is 1. The first-order valence-corrected chi connectivity index (χ1v) is 8.73. The second-order valence-corrected chi connectivity index (χ2v) is 6.53. The molecule has 1 fully saturated rings. The van der Waals surface area contributed by atoms with Crippen LogP contribution in [0.15, 0.2) is 12.4 Å². The number of ether oxygens (including phenoxy) is 1. The van der Waals surface area contributed by atoms with Gasteiger partial charge in [-0.05, 0) is 33.1 Å². The maximum absolute atomic E-state index is 12.2. The maximum atomic E-state index is 12.2. The highest BCUT2D eigenvalue weighted by molar-refractivity contribution is 5.79. The van der Waals surface area contributed by atoms with Gasteiger partial charge in [-0.15, -0.1) is 0 Å². The molecular weight excluding hydrogens is 318 g/mol. The number of hydrogen-bond acceptors (Lipinski definition) is 5. The molecule has 3 heterocycles. The standard InChI is InChI=1S/C18H25N5O2/c1-12-15(13(2)23(3)22-12)8-17(24)19-9-14-10-20-18(21-11-14)16-6-4-5-7-25-16/h10-11,16H,4-9H2,1-3H3,(H,19,24)/t16-/m0/s1. The zero-order valence-electron chi connectivity index (χ0n) is 15.1. The molecule has 1 aliphatic heterocycles. The van der Waals surface area contributed by atoms with Gasteiger partial charge in [0.1, 0.15) is 6.10 Å². The van der Waals surface area contributed by atoms with Crippen molar-refractivity contribution < 1.29 is 9.53 Å². The summed E-state index contributed by atoms with van der Waals surface area (Å²) in [4.78, 5) is 21.0. The monoisotopic (exact) mass is 343 g/mol. The van der Waals surface area contributed by atoms with E-state index in [1.807, 2.05) is 20.9 Å². The molecule has 1 saturated heterocycles. The van der Waals surface area contributed by atoms with Gasteiger partial charge in [0.05, 0.1) is 12.1 Å². The zero-order chi connectivity index (χ0) is 17.8. The van der Waals surface area contributed by atoms with Crippen molar-refractivity contribution in [1.29, 1.82) is 0 Å². The van der Waals surface area contributed by atoms with Crippen LogP contribution in [-0.4, -0.2) is 32.3 Å². The van der Waals surface area contributed by atoms with E-state index in [-0.39, 0.29) is 12.0 Å². The van der Waals surface area contributed by atoms with Crippen molar-refractivity contribution in [2.24, 2.45) is 7.05 Å². The number of rotatable bonds is 5. The fourth-order valence-corrected chi connectivity index (χ4v) is 3.06. The van der Waals surface area contributed by atoms with Crippen molar-refractivity contribution in [3.63, 3.8) is 0 Å². The largest absolute Gasteiger partial charge is 0.370 e. The number of carbonyl (C=O) groups is 1. The lowest BCUT2D eigenvalue weighted by molar-refractivity contribution is -0.120. The van der Waals surface area contributed by atoms with Crippen LogP contribution in [0.4, 0.5) is 0 Å². The van der Waals surface area contributed by atoms with Crippen LogP contribution in [0.25, 0.3) is 0 Å². The molecule has 134 valence electrons. The molecule has 25 heavy (non-hydrogen) atoms. The molecule has 1 N–H and O–H groups in total. The zero-order valence-corrected chi connectivity index (χ0v) is 15.1. The molecule has 0 aliphatic carbocycles. The molecule has 1 aliphatic rings. The average Bonchev–Trinajstić information content (AvgIpc) is 2.87. The molecule has 2 aromatic rings. The van der Waals surface area contributed by atoms with Crippen LogP contribution in [0.2, 0.25) is 0 Å². The van der Waals surface area contributed by atoms with Crippen LogP contribution >= 0.6 is 0 Å². The van der Waals surface area contributed by atoms with Crippen molar-refractivity contribution in [1.82, 2.24) is 25.1 Å². The van der Waals surface area contributed by atoms with Gasteiger partial charge in [-0.3, -0.25) is 9.48 Å². The summed E-state index contributed by atoms with van der Waals surface area (Å²) in [6.07, 6.45) is 7.10. The van der Waals surface area contributed by atoms with E-state index in [4.69, 9.17) is 4.74 Å². The Balaban J connectivity index is 1.53. The highest BCUT2D eigenvalue weighted by Gasteiger charge is 2.18. The number of nitrogens with zero attached hydrogens (tertiary/aromatic N) is 4. The summed E-state index contributed by atoms with van der Waals surface area (Å²) < 4.78 is 7.49. The van der Waals surface area contributed by atoms with Crippen molar-refractivity contribution >= 4 is 5.91 Å². The van der Waals surface area contributed by atoms with Crippen LogP contribution in [0, 0.1) is 13.8 Å². The van der Waals surface area contributed by atoms with Crippen molar-refractivity contribution in [3.05, 3.63) is 40.7 Å². The highest BCUT2D eigenvalue weighted by atomic mass is 16.5. The molecule has 2 aromatic heterocycles. The maximum Gasteiger partial charge on any atom is 0.224 e. The van der Waals surface area contributed by atoms with E-state index in [2.05, 4.69) is 20.4 Å². The van der Waals surface area contributed by atoms with Gasteiger partial charge in [0.2, 0.25) is 5.91 Å². The van der Waals surface area contributed by atoms with Crippen LogP contribution < -0.4 is 5.32 Å². The average molecular weight is 343 g/mol. The molecule has 7 nitrogen and oxygen atoms in total. The lowest BCUT2D eigenvalue weighted by Gasteiger charge is -2.21. The van der Waals surface area contributed by atoms with E-state index in [0.717, 1.165) is 54.2 Å². The lowest BCUT2D eigenvalue weighted by atomic mass is 10.1. The molecule has 1 amide bonds. The predicted octanol–water partition coefficient (Wildman–Crippen LogP) is 1.93. The van der Waals surface area contributed by atoms with Gasteiger partial charge in [0, 0.05) is 49.4 Å². The second-order valence-electron chi connectivity index (χ2n) is 6.53. The summed E-state index contributed by atoms with van der Waals surface area (Å²) in [6, 6.07) is 0. The molecule has 0 bridgehead atoms. The van der Waals surface area contributed by atoms with Gasteiger partial charge in [0.15, 0.2) is 5.82 Å². The topological polar surface area (TPSA) is 81.9 Å². The second kappa shape index (κ2) is 7.74. The molecule has 7 heteroatoms. The minimum atomic E-state index is -0.0288. The summed E-state index contributed by atoms with van der Waals surface area (Å²) >= 11 is 0. The van der Waals surface area contributed by atoms with Crippen LogP contribution in [0.3, 0.4) is 0 Å². The van der Waals surface area contributed by atoms with E-state index < -0.39 is 0 Å². The Labute approximate surface area is 147 Å². The van der Waals surface area contributed by atoms with E-state index in [0.29, 0.717) is 13.0 Å². The minimum absolute atomic E-state index is 0.00826. The Morgan fingerprint density at radius 1 is 1.32 bits per heavy atom. The summed E-state index contributed by atoms with van der Waals surface area (Å²) in [5, 5.41) is 7.26. The van der Waals surface area contributed by atoms with Gasteiger partial charge in [-0.25, -0.2) is 9.97 Å². The fourth-order valence-electron chi connectivity index (χ4n) is 3.06. The van der Waals surface area contributed by atoms with Crippen LogP contribution in [-0.2, 0) is 29.5 Å². The molecule has 0 spiro atoms. The Morgan fingerprint density at radius 2 is 2.08 bits per heavy atom. The first-order chi connectivity index (χ1) is 12.0. The molecule has 0 unspecified atom stereocenters. The molecular formula is C18H25N5O2. The van der Waals surface area contributed by atoms with Crippen LogP contribution in [0.1, 0.15) is 53.7 Å². The highest BCUT2D eigenvalue weighted by Crippen LogP contribution is 2.24. The Bertz CT molecular complexity index is 733. The summed E-state index contributed by atoms with van der Waals surface area (Å²) in [6.45, 7) is 5.10. The van der Waals surface area contributed by atoms with Gasteiger partial charge < -0.3 is 10.1 Å². The minimum Gasteiger partial charge on any atom is -0.370 e. The molecule has 0 aromatic carbocycles. The first kappa shape index (κ1) is 17.5. The molecule has 0 saturated carbocycles. The van der Waals surface area contributed by atoms with E-state index >= 15 is 0 Å². The quantitative estimate of drug-likeness (QED) is 0.897. The molecule has 0 radical (unpaired) electrons. The summed E-state index contributed by atoms with van der Waals surface area (Å²) in [5.41, 5.74) is 3.79. The van der Waals surface area contributed by atoms with E-state index in [1.165, 1.54) is 0 Å². The van der Waals surface area contributed by atoms with E-state index in [9.17, 15) is 4.79 Å². The lowest BCUT2D eigenvalue weighted by Crippen LogP contribution is -2.25. The van der Waals surface area contributed by atoms with Gasteiger partial charge in [0.25, 0.3) is 0 Å². The number of nitrogens with one attached hydrogen (secondary N) is 1. The first-order valence-electron chi connectivity index (χ1n) is 8.73. The predicted molar refractivity (Wildman–Crippen MR) is 92.8 cm³/mol. The van der Waals surface area contributed by atoms with Gasteiger partial charge in [-0.1, -0.05) is 0 Å². The van der Waals surface area contributed by atoms with Crippen LogP contribution in [0.5, 0.6) is 0 Å². The smallest absolute Gasteiger partial charge is 0.224 e. The third kappa shape index (κ3) is 4.22. The third-order valence-electron chi connectivity index (χ3n) is 4.68. The Morgan fingerprint density at radius 3 is 2.68 bits per heavy atom. The SMILES string of the molecule is Cc1nn(C)c(C)c1CC(=O)NCc1cnc([C@@H]2CCCCO2)nc1. The summed E-state index contributed by atoms with van der Waals surface area (Å²) in [5.74, 6) is 0.704. The summed E-state index contributed by atoms with van der Waals surface area (Å²) in [7, 11) is 1.89. The fraction of sp³-hybridized carbons (Fsp3) is 0.556. The number of amides is 1. The van der Waals surface area contributed by atoms with Gasteiger partial charge in [-0.2, -0.15) is 5.10 Å². The third-order valence-corrected chi connectivity index (χ3v) is 4.68. The number of aryl methyl sites for hydroxylation is 2. The Kier molecular flexibility index (Phi) is 5.43. The Hall–Kier alpha value is -2.28. The van der Waals surface area contributed by atoms with Gasteiger partial charge >= 0.3 is 0 Å². The molecule has 1 atom stereocenters. The van der Waals surface area contributed by atoms with E-state index in [1.54, 1.807) is 17.1 Å². The van der Waals surface area contributed by atoms with Crippen molar-refractivity contribution in [2.45, 2.75) is 52.2 Å². The number of aromatic nitrogens is 4. The van der Waals surface area contributed by atoms with Crippen molar-refractivity contribution in [3.8, 4) is 0 Å². The molecule has 3 rings (SSSR count). The normalized spacial score (nSPS) is 17.5.